The van der Waals surface area contributed by atoms with Gasteiger partial charge in [-0.25, -0.2) is 0 Å². The Labute approximate surface area is 134 Å². The molecule has 0 aliphatic heterocycles. The third-order valence-corrected chi connectivity index (χ3v) is 4.55. The highest BCUT2D eigenvalue weighted by molar-refractivity contribution is 9.10. The van der Waals surface area contributed by atoms with E-state index in [0.29, 0.717) is 6.61 Å². The van der Waals surface area contributed by atoms with Crippen LogP contribution in [0.4, 0.5) is 0 Å². The third-order valence-electron chi connectivity index (χ3n) is 3.93. The summed E-state index contributed by atoms with van der Waals surface area (Å²) in [5, 5.41) is 3.15. The van der Waals surface area contributed by atoms with Gasteiger partial charge in [0.1, 0.15) is 12.4 Å². The van der Waals surface area contributed by atoms with Gasteiger partial charge >= 0.3 is 0 Å². The highest BCUT2D eigenvalue weighted by Gasteiger charge is 2.11. The van der Waals surface area contributed by atoms with Crippen LogP contribution in [0.25, 0.3) is 0 Å². The fourth-order valence-corrected chi connectivity index (χ4v) is 3.39. The van der Waals surface area contributed by atoms with E-state index in [-0.39, 0.29) is 0 Å². The summed E-state index contributed by atoms with van der Waals surface area (Å²) in [4.78, 5) is 0. The van der Waals surface area contributed by atoms with Crippen molar-refractivity contribution in [3.8, 4) is 5.75 Å². The van der Waals surface area contributed by atoms with Crippen molar-refractivity contribution in [2.45, 2.75) is 32.4 Å². The normalized spacial score (nSPS) is 13.2. The van der Waals surface area contributed by atoms with Crippen LogP contribution in [-0.2, 0) is 26.0 Å². The van der Waals surface area contributed by atoms with Gasteiger partial charge < -0.3 is 10.1 Å². The summed E-state index contributed by atoms with van der Waals surface area (Å²) in [5.41, 5.74) is 5.51. The smallest absolute Gasteiger partial charge is 0.134 e. The van der Waals surface area contributed by atoms with E-state index < -0.39 is 0 Å². The van der Waals surface area contributed by atoms with Crippen molar-refractivity contribution in [2.75, 3.05) is 7.05 Å². The molecular weight excluding hydrogens is 326 g/mol. The van der Waals surface area contributed by atoms with Crippen LogP contribution in [0.5, 0.6) is 5.75 Å². The zero-order valence-corrected chi connectivity index (χ0v) is 13.9. The molecule has 3 heteroatoms. The molecule has 1 aliphatic rings. The van der Waals surface area contributed by atoms with E-state index in [1.54, 1.807) is 0 Å². The number of ether oxygens (including phenoxy) is 1. The monoisotopic (exact) mass is 345 g/mol. The van der Waals surface area contributed by atoms with Crippen molar-refractivity contribution < 1.29 is 4.74 Å². The number of nitrogens with one attached hydrogen (secondary N) is 1. The summed E-state index contributed by atoms with van der Waals surface area (Å²) in [5.74, 6) is 0.898. The lowest BCUT2D eigenvalue weighted by molar-refractivity contribution is 0.304. The van der Waals surface area contributed by atoms with E-state index in [2.05, 4.69) is 51.6 Å². The lowest BCUT2D eigenvalue weighted by Gasteiger charge is -2.11. The molecule has 0 heterocycles. The maximum absolute atomic E-state index is 5.95. The second-order valence-corrected chi connectivity index (χ2v) is 6.39. The molecule has 0 saturated carbocycles. The van der Waals surface area contributed by atoms with Crippen LogP contribution < -0.4 is 10.1 Å². The molecule has 0 bridgehead atoms. The Morgan fingerprint density at radius 3 is 2.67 bits per heavy atom. The summed E-state index contributed by atoms with van der Waals surface area (Å²) in [7, 11) is 1.95. The summed E-state index contributed by atoms with van der Waals surface area (Å²) < 4.78 is 6.96. The van der Waals surface area contributed by atoms with Gasteiger partial charge in [-0.05, 0) is 76.6 Å². The van der Waals surface area contributed by atoms with Gasteiger partial charge in [-0.2, -0.15) is 0 Å². The number of fused-ring (bicyclic) bond motifs is 1. The Morgan fingerprint density at radius 1 is 1.05 bits per heavy atom. The standard InChI is InChI=1S/C18H20BrNO/c1-20-11-13-6-8-18(17(19)10-13)21-12-14-5-7-15-3-2-4-16(15)9-14/h5-10,20H,2-4,11-12H2,1H3. The van der Waals surface area contributed by atoms with Crippen molar-refractivity contribution in [1.29, 1.82) is 0 Å². The number of rotatable bonds is 5. The molecule has 0 saturated heterocycles. The molecule has 21 heavy (non-hydrogen) atoms. The van der Waals surface area contributed by atoms with Crippen molar-refractivity contribution in [2.24, 2.45) is 0 Å². The summed E-state index contributed by atoms with van der Waals surface area (Å²) in [6, 6.07) is 13.0. The van der Waals surface area contributed by atoms with Crippen LogP contribution >= 0.6 is 15.9 Å². The first-order valence-electron chi connectivity index (χ1n) is 7.43. The Kier molecular flexibility index (Phi) is 4.61. The van der Waals surface area contributed by atoms with Crippen molar-refractivity contribution in [3.63, 3.8) is 0 Å². The molecule has 0 fully saturated rings. The van der Waals surface area contributed by atoms with Crippen LogP contribution in [0.1, 0.15) is 28.7 Å². The summed E-state index contributed by atoms with van der Waals surface area (Å²) in [6.07, 6.45) is 3.73. The van der Waals surface area contributed by atoms with Gasteiger partial charge in [0.05, 0.1) is 4.47 Å². The van der Waals surface area contributed by atoms with Crippen molar-refractivity contribution in [1.82, 2.24) is 5.32 Å². The predicted molar refractivity (Wildman–Crippen MR) is 89.7 cm³/mol. The van der Waals surface area contributed by atoms with E-state index in [0.717, 1.165) is 16.8 Å². The predicted octanol–water partition coefficient (Wildman–Crippen LogP) is 4.24. The van der Waals surface area contributed by atoms with Crippen molar-refractivity contribution >= 4 is 15.9 Å². The lowest BCUT2D eigenvalue weighted by atomic mass is 10.1. The van der Waals surface area contributed by atoms with Gasteiger partial charge in [-0.3, -0.25) is 0 Å². The zero-order valence-electron chi connectivity index (χ0n) is 12.3. The first-order chi connectivity index (χ1) is 10.3. The minimum atomic E-state index is 0.622. The molecule has 2 aromatic rings. The molecule has 0 amide bonds. The largest absolute Gasteiger partial charge is 0.488 e. The molecule has 3 rings (SSSR count). The fraction of sp³-hybridized carbons (Fsp3) is 0.333. The molecule has 1 N–H and O–H groups in total. The zero-order chi connectivity index (χ0) is 14.7. The van der Waals surface area contributed by atoms with Gasteiger partial charge in [0.2, 0.25) is 0 Å². The molecule has 0 unspecified atom stereocenters. The van der Waals surface area contributed by atoms with Gasteiger partial charge in [0, 0.05) is 6.54 Å². The van der Waals surface area contributed by atoms with Gasteiger partial charge in [0.25, 0.3) is 0 Å². The van der Waals surface area contributed by atoms with E-state index in [1.807, 2.05) is 13.1 Å². The van der Waals surface area contributed by atoms with Crippen LogP contribution in [0.3, 0.4) is 0 Å². The summed E-state index contributed by atoms with van der Waals surface area (Å²) in [6.45, 7) is 1.49. The highest BCUT2D eigenvalue weighted by Crippen LogP contribution is 2.28. The Hall–Kier alpha value is -1.32. The second-order valence-electron chi connectivity index (χ2n) is 5.54. The number of benzene rings is 2. The van der Waals surface area contributed by atoms with Crippen molar-refractivity contribution in [3.05, 3.63) is 63.1 Å². The molecule has 0 aromatic heterocycles. The Balaban J connectivity index is 1.67. The molecule has 2 nitrogen and oxygen atoms in total. The number of hydrogen-bond acceptors (Lipinski definition) is 2. The minimum Gasteiger partial charge on any atom is -0.488 e. The van der Waals surface area contributed by atoms with Crippen LogP contribution in [0.2, 0.25) is 0 Å². The van der Waals surface area contributed by atoms with E-state index in [4.69, 9.17) is 4.74 Å². The van der Waals surface area contributed by atoms with E-state index in [9.17, 15) is 0 Å². The highest BCUT2D eigenvalue weighted by atomic mass is 79.9. The van der Waals surface area contributed by atoms with Gasteiger partial charge in [0.15, 0.2) is 0 Å². The minimum absolute atomic E-state index is 0.622. The van der Waals surface area contributed by atoms with E-state index >= 15 is 0 Å². The first-order valence-corrected chi connectivity index (χ1v) is 8.22. The van der Waals surface area contributed by atoms with Crippen LogP contribution in [-0.4, -0.2) is 7.05 Å². The molecule has 2 aromatic carbocycles. The molecule has 1 aliphatic carbocycles. The fourth-order valence-electron chi connectivity index (χ4n) is 2.85. The van der Waals surface area contributed by atoms with Crippen LogP contribution in [0, 0.1) is 0 Å². The van der Waals surface area contributed by atoms with E-state index in [1.165, 1.54) is 41.5 Å². The molecule has 0 atom stereocenters. The molecule has 0 spiro atoms. The lowest BCUT2D eigenvalue weighted by Crippen LogP contribution is -2.05. The third kappa shape index (κ3) is 3.47. The number of aryl methyl sites for hydroxylation is 2. The molecule has 110 valence electrons. The Morgan fingerprint density at radius 2 is 1.86 bits per heavy atom. The Bertz CT molecular complexity index is 639. The maximum Gasteiger partial charge on any atom is 0.134 e. The molecular formula is C18H20BrNO. The average Bonchev–Trinajstić information content (AvgIpc) is 2.94. The number of halogens is 1. The maximum atomic E-state index is 5.95. The van der Waals surface area contributed by atoms with Gasteiger partial charge in [-0.1, -0.05) is 24.3 Å². The molecule has 0 radical (unpaired) electrons. The average molecular weight is 346 g/mol. The van der Waals surface area contributed by atoms with Crippen LogP contribution in [0.15, 0.2) is 40.9 Å². The quantitative estimate of drug-likeness (QED) is 0.875. The topological polar surface area (TPSA) is 21.3 Å². The summed E-state index contributed by atoms with van der Waals surface area (Å²) >= 11 is 3.59. The van der Waals surface area contributed by atoms with Gasteiger partial charge in [-0.15, -0.1) is 0 Å². The number of hydrogen-bond donors (Lipinski definition) is 1. The SMILES string of the molecule is CNCc1ccc(OCc2ccc3c(c2)CCC3)c(Br)c1. The first kappa shape index (κ1) is 14.6. The second kappa shape index (κ2) is 6.63.